The lowest BCUT2D eigenvalue weighted by Gasteiger charge is -2.14. The van der Waals surface area contributed by atoms with E-state index in [2.05, 4.69) is 31.2 Å². The predicted molar refractivity (Wildman–Crippen MR) is 101 cm³/mol. The fourth-order valence-electron chi connectivity index (χ4n) is 2.77. The molecule has 2 heterocycles. The van der Waals surface area contributed by atoms with E-state index in [0.717, 1.165) is 17.8 Å². The van der Waals surface area contributed by atoms with Crippen molar-refractivity contribution in [2.24, 2.45) is 0 Å². The summed E-state index contributed by atoms with van der Waals surface area (Å²) in [7, 11) is 0. The van der Waals surface area contributed by atoms with Crippen LogP contribution in [0.4, 0.5) is 5.82 Å². The van der Waals surface area contributed by atoms with Gasteiger partial charge in [-0.1, -0.05) is 39.0 Å². The third-order valence-corrected chi connectivity index (χ3v) is 4.28. The van der Waals surface area contributed by atoms with E-state index in [0.29, 0.717) is 18.8 Å². The number of nitrogens with one attached hydrogen (secondary N) is 1. The SMILES string of the molecule is CC(C)(C)c1cc(NC(=O)COC(=O)[C@H]2CCCO2)n(-c2ccccc2)n1. The Balaban J connectivity index is 1.72. The molecule has 1 saturated heterocycles. The lowest BCUT2D eigenvalue weighted by Crippen LogP contribution is -2.27. The molecule has 3 rings (SSSR count). The maximum Gasteiger partial charge on any atom is 0.335 e. The molecule has 1 aromatic heterocycles. The second kappa shape index (κ2) is 7.92. The molecule has 1 amide bonds. The molecular weight excluding hydrogens is 346 g/mol. The molecule has 2 aromatic rings. The first-order valence-electron chi connectivity index (χ1n) is 9.08. The number of anilines is 1. The summed E-state index contributed by atoms with van der Waals surface area (Å²) in [4.78, 5) is 24.2. The standard InChI is InChI=1S/C20H25N3O4/c1-20(2,3)16-12-17(23(22-16)14-8-5-4-6-9-14)21-18(24)13-27-19(25)15-10-7-11-26-15/h4-6,8-9,12,15H,7,10-11,13H2,1-3H3,(H,21,24)/t15-/m1/s1. The van der Waals surface area contributed by atoms with Crippen LogP contribution in [0, 0.1) is 0 Å². The third-order valence-electron chi connectivity index (χ3n) is 4.28. The number of amides is 1. The maximum absolute atomic E-state index is 12.3. The predicted octanol–water partition coefficient (Wildman–Crippen LogP) is 2.83. The number of ether oxygens (including phenoxy) is 2. The van der Waals surface area contributed by atoms with Crippen LogP contribution in [-0.4, -0.2) is 41.0 Å². The van der Waals surface area contributed by atoms with Crippen molar-refractivity contribution in [1.82, 2.24) is 9.78 Å². The fraction of sp³-hybridized carbons (Fsp3) is 0.450. The highest BCUT2D eigenvalue weighted by Crippen LogP contribution is 2.26. The van der Waals surface area contributed by atoms with Gasteiger partial charge in [0.2, 0.25) is 0 Å². The van der Waals surface area contributed by atoms with Gasteiger partial charge in [0.05, 0.1) is 11.4 Å². The first-order chi connectivity index (χ1) is 12.8. The second-order valence-electron chi connectivity index (χ2n) is 7.57. The molecule has 0 aliphatic carbocycles. The van der Waals surface area contributed by atoms with Crippen LogP contribution in [-0.2, 0) is 24.5 Å². The molecular formula is C20H25N3O4. The van der Waals surface area contributed by atoms with E-state index in [4.69, 9.17) is 9.47 Å². The molecule has 144 valence electrons. The number of carbonyl (C=O) groups is 2. The molecule has 1 atom stereocenters. The van der Waals surface area contributed by atoms with Crippen LogP contribution >= 0.6 is 0 Å². The first-order valence-corrected chi connectivity index (χ1v) is 9.08. The topological polar surface area (TPSA) is 82.5 Å². The minimum absolute atomic E-state index is 0.175. The highest BCUT2D eigenvalue weighted by atomic mass is 16.6. The quantitative estimate of drug-likeness (QED) is 0.817. The molecule has 0 saturated carbocycles. The minimum Gasteiger partial charge on any atom is -0.454 e. The van der Waals surface area contributed by atoms with Gasteiger partial charge in [0, 0.05) is 18.1 Å². The summed E-state index contributed by atoms with van der Waals surface area (Å²) in [6.45, 7) is 6.36. The zero-order valence-electron chi connectivity index (χ0n) is 15.9. The lowest BCUT2D eigenvalue weighted by molar-refractivity contribution is -0.156. The summed E-state index contributed by atoms with van der Waals surface area (Å²) in [6.07, 6.45) is 0.911. The molecule has 1 aliphatic rings. The summed E-state index contributed by atoms with van der Waals surface area (Å²) in [5.74, 6) is -0.377. The Bertz CT molecular complexity index is 802. The highest BCUT2D eigenvalue weighted by molar-refractivity contribution is 5.92. The van der Waals surface area contributed by atoms with E-state index in [1.54, 1.807) is 4.68 Å². The van der Waals surface area contributed by atoms with Gasteiger partial charge in [0.15, 0.2) is 12.7 Å². The van der Waals surface area contributed by atoms with Crippen LogP contribution in [0.5, 0.6) is 0 Å². The second-order valence-corrected chi connectivity index (χ2v) is 7.57. The lowest BCUT2D eigenvalue weighted by atomic mass is 9.92. The van der Waals surface area contributed by atoms with E-state index in [1.165, 1.54) is 0 Å². The number of nitrogens with zero attached hydrogens (tertiary/aromatic N) is 2. The highest BCUT2D eigenvalue weighted by Gasteiger charge is 2.26. The summed E-state index contributed by atoms with van der Waals surface area (Å²) in [6, 6.07) is 11.4. The molecule has 7 heteroatoms. The zero-order valence-corrected chi connectivity index (χ0v) is 15.9. The van der Waals surface area contributed by atoms with Gasteiger partial charge in [-0.05, 0) is 25.0 Å². The maximum atomic E-state index is 12.3. The molecule has 1 aliphatic heterocycles. The van der Waals surface area contributed by atoms with Gasteiger partial charge >= 0.3 is 5.97 Å². The van der Waals surface area contributed by atoms with E-state index < -0.39 is 18.0 Å². The smallest absolute Gasteiger partial charge is 0.335 e. The zero-order chi connectivity index (χ0) is 19.4. The van der Waals surface area contributed by atoms with E-state index in [9.17, 15) is 9.59 Å². The van der Waals surface area contributed by atoms with Crippen molar-refractivity contribution in [3.05, 3.63) is 42.1 Å². The Morgan fingerprint density at radius 2 is 2.04 bits per heavy atom. The first kappa shape index (κ1) is 19.1. The Hall–Kier alpha value is -2.67. The van der Waals surface area contributed by atoms with Gasteiger partial charge in [-0.15, -0.1) is 0 Å². The Morgan fingerprint density at radius 3 is 2.67 bits per heavy atom. The molecule has 7 nitrogen and oxygen atoms in total. The Labute approximate surface area is 158 Å². The molecule has 0 bridgehead atoms. The average Bonchev–Trinajstić information content (AvgIpc) is 3.30. The molecule has 0 spiro atoms. The molecule has 1 N–H and O–H groups in total. The number of carbonyl (C=O) groups excluding carboxylic acids is 2. The molecule has 0 unspecified atom stereocenters. The van der Waals surface area contributed by atoms with Crippen molar-refractivity contribution in [2.45, 2.75) is 45.1 Å². The monoisotopic (exact) mass is 371 g/mol. The van der Waals surface area contributed by atoms with E-state index in [1.807, 2.05) is 36.4 Å². The van der Waals surface area contributed by atoms with Gasteiger partial charge in [0.1, 0.15) is 5.82 Å². The summed E-state index contributed by atoms with van der Waals surface area (Å²) in [5.41, 5.74) is 1.50. The van der Waals surface area contributed by atoms with Crippen LogP contribution in [0.25, 0.3) is 5.69 Å². The van der Waals surface area contributed by atoms with E-state index in [-0.39, 0.29) is 12.0 Å². The van der Waals surface area contributed by atoms with Crippen molar-refractivity contribution >= 4 is 17.7 Å². The van der Waals surface area contributed by atoms with Crippen molar-refractivity contribution in [3.63, 3.8) is 0 Å². The number of rotatable bonds is 5. The van der Waals surface area contributed by atoms with Crippen LogP contribution in [0.1, 0.15) is 39.3 Å². The van der Waals surface area contributed by atoms with Crippen molar-refractivity contribution in [2.75, 3.05) is 18.5 Å². The van der Waals surface area contributed by atoms with Crippen LogP contribution in [0.3, 0.4) is 0 Å². The fourth-order valence-corrected chi connectivity index (χ4v) is 2.77. The minimum atomic E-state index is -0.555. The Kier molecular flexibility index (Phi) is 5.60. The van der Waals surface area contributed by atoms with Gasteiger partial charge < -0.3 is 14.8 Å². The Morgan fingerprint density at radius 1 is 1.30 bits per heavy atom. The number of hydrogen-bond donors (Lipinski definition) is 1. The van der Waals surface area contributed by atoms with Crippen molar-refractivity contribution in [3.8, 4) is 5.69 Å². The van der Waals surface area contributed by atoms with Crippen LogP contribution < -0.4 is 5.32 Å². The number of esters is 1. The molecule has 1 fully saturated rings. The number of benzene rings is 1. The van der Waals surface area contributed by atoms with Crippen LogP contribution in [0.2, 0.25) is 0 Å². The molecule has 27 heavy (non-hydrogen) atoms. The van der Waals surface area contributed by atoms with E-state index >= 15 is 0 Å². The van der Waals surface area contributed by atoms with Gasteiger partial charge in [-0.3, -0.25) is 4.79 Å². The van der Waals surface area contributed by atoms with Crippen molar-refractivity contribution in [1.29, 1.82) is 0 Å². The summed E-state index contributed by atoms with van der Waals surface area (Å²) >= 11 is 0. The number of hydrogen-bond acceptors (Lipinski definition) is 5. The number of aromatic nitrogens is 2. The summed E-state index contributed by atoms with van der Waals surface area (Å²) in [5, 5.41) is 7.43. The largest absolute Gasteiger partial charge is 0.454 e. The third kappa shape index (κ3) is 4.74. The molecule has 1 aromatic carbocycles. The van der Waals surface area contributed by atoms with Gasteiger partial charge in [-0.25, -0.2) is 9.48 Å². The van der Waals surface area contributed by atoms with Gasteiger partial charge in [-0.2, -0.15) is 5.10 Å². The van der Waals surface area contributed by atoms with Gasteiger partial charge in [0.25, 0.3) is 5.91 Å². The van der Waals surface area contributed by atoms with Crippen LogP contribution in [0.15, 0.2) is 36.4 Å². The summed E-state index contributed by atoms with van der Waals surface area (Å²) < 4.78 is 12.0. The number of para-hydroxylation sites is 1. The average molecular weight is 371 g/mol. The molecule has 0 radical (unpaired) electrons. The van der Waals surface area contributed by atoms with Crippen molar-refractivity contribution < 1.29 is 19.1 Å². The normalized spacial score (nSPS) is 16.9.